The fourth-order valence-corrected chi connectivity index (χ4v) is 3.89. The van der Waals surface area contributed by atoms with Gasteiger partial charge in [0.05, 0.1) is 17.9 Å². The molecule has 2 fully saturated rings. The highest BCUT2D eigenvalue weighted by Gasteiger charge is 2.46. The maximum absolute atomic E-state index is 13.1. The molecular weight excluding hydrogens is 373 g/mol. The van der Waals surface area contributed by atoms with Crippen LogP contribution in [0.5, 0.6) is 0 Å². The Kier molecular flexibility index (Phi) is 5.58. The molecule has 1 aromatic heterocycles. The fraction of sp³-hybridized carbons (Fsp3) is 0.409. The molecule has 2 N–H and O–H groups in total. The van der Waals surface area contributed by atoms with Gasteiger partial charge in [0.15, 0.2) is 0 Å². The summed E-state index contributed by atoms with van der Waals surface area (Å²) in [7, 11) is 0. The molecule has 1 unspecified atom stereocenters. The zero-order chi connectivity index (χ0) is 20.3. The Balaban J connectivity index is 1.44. The molecule has 152 valence electrons. The van der Waals surface area contributed by atoms with Crippen LogP contribution in [0.15, 0.2) is 42.6 Å². The minimum absolute atomic E-state index is 0.0858. The Labute approximate surface area is 168 Å². The number of carbonyl (C=O) groups is 2. The van der Waals surface area contributed by atoms with E-state index in [-0.39, 0.29) is 23.5 Å². The largest absolute Gasteiger partial charge is 0.381 e. The van der Waals surface area contributed by atoms with E-state index in [0.29, 0.717) is 24.7 Å². The van der Waals surface area contributed by atoms with Crippen molar-refractivity contribution >= 4 is 23.3 Å². The summed E-state index contributed by atoms with van der Waals surface area (Å²) in [6.07, 6.45) is 5.78. The molecule has 0 bridgehead atoms. The van der Waals surface area contributed by atoms with Crippen LogP contribution >= 0.6 is 0 Å². The van der Waals surface area contributed by atoms with Gasteiger partial charge >= 0.3 is 0 Å². The molecule has 7 heteroatoms. The van der Waals surface area contributed by atoms with E-state index in [0.717, 1.165) is 37.7 Å². The molecule has 2 aromatic rings. The Morgan fingerprint density at radius 2 is 1.86 bits per heavy atom. The third-order valence-corrected chi connectivity index (χ3v) is 5.84. The first-order valence-electron chi connectivity index (χ1n) is 9.99. The van der Waals surface area contributed by atoms with Crippen LogP contribution in [0.4, 0.5) is 15.9 Å². The molecule has 1 atom stereocenters. The Bertz CT molecular complexity index is 873. The van der Waals surface area contributed by atoms with Crippen molar-refractivity contribution in [2.45, 2.75) is 37.5 Å². The van der Waals surface area contributed by atoms with Crippen molar-refractivity contribution in [2.24, 2.45) is 5.92 Å². The Morgan fingerprint density at radius 1 is 1.07 bits per heavy atom. The van der Waals surface area contributed by atoms with Gasteiger partial charge in [-0.1, -0.05) is 12.5 Å². The van der Waals surface area contributed by atoms with Crippen LogP contribution in [0.2, 0.25) is 0 Å². The molecule has 6 nitrogen and oxygen atoms in total. The normalized spacial score (nSPS) is 20.4. The minimum atomic E-state index is -0.638. The smallest absolute Gasteiger partial charge is 0.235 e. The average molecular weight is 397 g/mol. The summed E-state index contributed by atoms with van der Waals surface area (Å²) in [6.45, 7) is 1.15. The Morgan fingerprint density at radius 3 is 2.45 bits per heavy atom. The predicted octanol–water partition coefficient (Wildman–Crippen LogP) is 3.65. The quantitative estimate of drug-likeness (QED) is 0.807. The van der Waals surface area contributed by atoms with Gasteiger partial charge in [0.25, 0.3) is 0 Å². The van der Waals surface area contributed by atoms with Crippen molar-refractivity contribution in [3.63, 3.8) is 0 Å². The molecule has 2 amide bonds. The van der Waals surface area contributed by atoms with Gasteiger partial charge in [-0.3, -0.25) is 9.59 Å². The number of halogens is 1. The van der Waals surface area contributed by atoms with Crippen molar-refractivity contribution in [3.05, 3.63) is 54.0 Å². The first-order chi connectivity index (χ1) is 14.1. The zero-order valence-electron chi connectivity index (χ0n) is 16.1. The van der Waals surface area contributed by atoms with Gasteiger partial charge in [-0.25, -0.2) is 9.37 Å². The van der Waals surface area contributed by atoms with Crippen molar-refractivity contribution < 1.29 is 18.7 Å². The number of amides is 2. The number of pyridine rings is 1. The van der Waals surface area contributed by atoms with Crippen molar-refractivity contribution in [1.82, 2.24) is 4.98 Å². The van der Waals surface area contributed by atoms with Gasteiger partial charge in [-0.15, -0.1) is 0 Å². The highest BCUT2D eigenvalue weighted by molar-refractivity contribution is 6.00. The van der Waals surface area contributed by atoms with E-state index in [1.807, 2.05) is 6.07 Å². The van der Waals surface area contributed by atoms with E-state index in [2.05, 4.69) is 15.6 Å². The number of aromatic nitrogens is 1. The topological polar surface area (TPSA) is 80.3 Å². The summed E-state index contributed by atoms with van der Waals surface area (Å²) in [4.78, 5) is 29.6. The second-order valence-electron chi connectivity index (χ2n) is 7.73. The van der Waals surface area contributed by atoms with E-state index in [4.69, 9.17) is 4.74 Å². The molecule has 1 saturated heterocycles. The molecule has 1 aliphatic carbocycles. The maximum Gasteiger partial charge on any atom is 0.235 e. The molecule has 1 saturated carbocycles. The van der Waals surface area contributed by atoms with Crippen LogP contribution in [0.3, 0.4) is 0 Å². The first-order valence-corrected chi connectivity index (χ1v) is 9.99. The SMILES string of the molecule is O=C(Nc1ccc(C2(C(=O)Nc3ccc(F)cc3)CCC2)cn1)C1CCCOC1. The number of benzene rings is 1. The van der Waals surface area contributed by atoms with Crippen molar-refractivity contribution in [3.8, 4) is 0 Å². The van der Waals surface area contributed by atoms with Crippen molar-refractivity contribution in [2.75, 3.05) is 23.8 Å². The van der Waals surface area contributed by atoms with E-state index in [1.165, 1.54) is 12.1 Å². The minimum Gasteiger partial charge on any atom is -0.381 e. The van der Waals surface area contributed by atoms with Crippen LogP contribution in [0, 0.1) is 11.7 Å². The number of hydrogen-bond acceptors (Lipinski definition) is 4. The molecule has 1 aromatic carbocycles. The molecule has 4 rings (SSSR count). The monoisotopic (exact) mass is 397 g/mol. The second kappa shape index (κ2) is 8.29. The number of carbonyl (C=O) groups excluding carboxylic acids is 2. The number of nitrogens with zero attached hydrogens (tertiary/aromatic N) is 1. The van der Waals surface area contributed by atoms with Gasteiger partial charge in [0.2, 0.25) is 11.8 Å². The van der Waals surface area contributed by atoms with Gasteiger partial charge in [0.1, 0.15) is 11.6 Å². The van der Waals surface area contributed by atoms with E-state index in [1.54, 1.807) is 24.4 Å². The number of nitrogens with one attached hydrogen (secondary N) is 2. The first kappa shape index (κ1) is 19.5. The summed E-state index contributed by atoms with van der Waals surface area (Å²) in [5, 5.41) is 5.72. The molecule has 29 heavy (non-hydrogen) atoms. The number of anilines is 2. The summed E-state index contributed by atoms with van der Waals surface area (Å²) >= 11 is 0. The molecule has 0 radical (unpaired) electrons. The highest BCUT2D eigenvalue weighted by Crippen LogP contribution is 2.44. The molecule has 2 heterocycles. The van der Waals surface area contributed by atoms with E-state index < -0.39 is 5.41 Å². The lowest BCUT2D eigenvalue weighted by Gasteiger charge is -2.40. The van der Waals surface area contributed by atoms with Crippen LogP contribution in [-0.2, 0) is 19.7 Å². The number of hydrogen-bond donors (Lipinski definition) is 2. The summed E-state index contributed by atoms with van der Waals surface area (Å²) in [5.74, 6) is -0.226. The lowest BCUT2D eigenvalue weighted by atomic mass is 9.64. The summed E-state index contributed by atoms with van der Waals surface area (Å²) < 4.78 is 18.5. The van der Waals surface area contributed by atoms with Crippen LogP contribution in [0.1, 0.15) is 37.7 Å². The second-order valence-corrected chi connectivity index (χ2v) is 7.73. The van der Waals surface area contributed by atoms with Gasteiger partial charge in [-0.2, -0.15) is 0 Å². The van der Waals surface area contributed by atoms with Crippen molar-refractivity contribution in [1.29, 1.82) is 0 Å². The lowest BCUT2D eigenvalue weighted by Crippen LogP contribution is -2.46. The van der Waals surface area contributed by atoms with E-state index in [9.17, 15) is 14.0 Å². The number of ether oxygens (including phenoxy) is 1. The third-order valence-electron chi connectivity index (χ3n) is 5.84. The van der Waals surface area contributed by atoms with Crippen LogP contribution in [-0.4, -0.2) is 30.0 Å². The summed E-state index contributed by atoms with van der Waals surface area (Å²) in [6, 6.07) is 9.32. The standard InChI is InChI=1S/C22H24FN3O3/c23-17-5-7-18(8-6-17)25-21(28)22(10-2-11-22)16-4-9-19(24-13-16)26-20(27)15-3-1-12-29-14-15/h4-9,13,15H,1-3,10-12,14H2,(H,25,28)(H,24,26,27). The molecule has 2 aliphatic rings. The van der Waals surface area contributed by atoms with Gasteiger partial charge < -0.3 is 15.4 Å². The maximum atomic E-state index is 13.1. The van der Waals surface area contributed by atoms with E-state index >= 15 is 0 Å². The third kappa shape index (κ3) is 4.15. The number of rotatable bonds is 5. The molecule has 1 aliphatic heterocycles. The van der Waals surface area contributed by atoms with Gasteiger partial charge in [0, 0.05) is 18.5 Å². The highest BCUT2D eigenvalue weighted by atomic mass is 19.1. The average Bonchev–Trinajstić information content (AvgIpc) is 2.71. The predicted molar refractivity (Wildman–Crippen MR) is 107 cm³/mol. The van der Waals surface area contributed by atoms with Crippen LogP contribution in [0.25, 0.3) is 0 Å². The molecular formula is C22H24FN3O3. The zero-order valence-corrected chi connectivity index (χ0v) is 16.1. The fourth-order valence-electron chi connectivity index (χ4n) is 3.89. The summed E-state index contributed by atoms with van der Waals surface area (Å²) in [5.41, 5.74) is 0.748. The lowest BCUT2D eigenvalue weighted by molar-refractivity contribution is -0.125. The Hall–Kier alpha value is -2.80. The van der Waals surface area contributed by atoms with Crippen LogP contribution < -0.4 is 10.6 Å². The molecule has 0 spiro atoms. The van der Waals surface area contributed by atoms with Gasteiger partial charge in [-0.05, 0) is 61.6 Å².